The second-order valence-electron chi connectivity index (χ2n) is 5.01. The molecule has 5 heteroatoms. The SMILES string of the molecule is Cc1occc1C(=O)NCCc1ccc(-n2cccn2)cc1. The molecule has 1 aromatic carbocycles. The largest absolute Gasteiger partial charge is 0.469 e. The van der Waals surface area contributed by atoms with Crippen LogP contribution in [0.4, 0.5) is 0 Å². The molecule has 0 aliphatic heterocycles. The molecule has 0 fully saturated rings. The zero-order chi connectivity index (χ0) is 15.4. The molecule has 1 amide bonds. The van der Waals surface area contributed by atoms with Crippen molar-refractivity contribution in [3.8, 4) is 5.69 Å². The lowest BCUT2D eigenvalue weighted by molar-refractivity contribution is 0.0952. The van der Waals surface area contributed by atoms with E-state index in [1.54, 1.807) is 19.2 Å². The van der Waals surface area contributed by atoms with E-state index in [9.17, 15) is 4.79 Å². The number of amides is 1. The van der Waals surface area contributed by atoms with Crippen LogP contribution < -0.4 is 5.32 Å². The molecule has 0 saturated heterocycles. The first-order chi connectivity index (χ1) is 10.7. The number of nitrogens with zero attached hydrogens (tertiary/aromatic N) is 2. The minimum Gasteiger partial charge on any atom is -0.469 e. The lowest BCUT2D eigenvalue weighted by atomic mass is 10.1. The van der Waals surface area contributed by atoms with Crippen LogP contribution in [0.3, 0.4) is 0 Å². The molecule has 0 atom stereocenters. The molecule has 0 saturated carbocycles. The molecule has 2 aromatic heterocycles. The molecule has 5 nitrogen and oxygen atoms in total. The second kappa shape index (κ2) is 6.30. The predicted molar refractivity (Wildman–Crippen MR) is 83.0 cm³/mol. The van der Waals surface area contributed by atoms with Gasteiger partial charge in [0.15, 0.2) is 0 Å². The van der Waals surface area contributed by atoms with E-state index in [0.717, 1.165) is 12.1 Å². The summed E-state index contributed by atoms with van der Waals surface area (Å²) in [4.78, 5) is 11.9. The van der Waals surface area contributed by atoms with Crippen molar-refractivity contribution in [3.05, 3.63) is 71.9 Å². The molecule has 0 aliphatic rings. The van der Waals surface area contributed by atoms with Crippen molar-refractivity contribution in [2.24, 2.45) is 0 Å². The van der Waals surface area contributed by atoms with Crippen LogP contribution in [0.1, 0.15) is 21.7 Å². The van der Waals surface area contributed by atoms with E-state index >= 15 is 0 Å². The summed E-state index contributed by atoms with van der Waals surface area (Å²) in [7, 11) is 0. The van der Waals surface area contributed by atoms with Gasteiger partial charge in [-0.05, 0) is 43.2 Å². The highest BCUT2D eigenvalue weighted by molar-refractivity contribution is 5.95. The lowest BCUT2D eigenvalue weighted by Gasteiger charge is -2.06. The molecule has 3 rings (SSSR count). The van der Waals surface area contributed by atoms with Crippen molar-refractivity contribution in [1.82, 2.24) is 15.1 Å². The van der Waals surface area contributed by atoms with E-state index in [1.807, 2.05) is 41.2 Å². The number of benzene rings is 1. The van der Waals surface area contributed by atoms with E-state index in [4.69, 9.17) is 4.42 Å². The third-order valence-electron chi connectivity index (χ3n) is 3.51. The minimum absolute atomic E-state index is 0.0978. The van der Waals surface area contributed by atoms with E-state index in [0.29, 0.717) is 17.9 Å². The predicted octanol–water partition coefficient (Wildman–Crippen LogP) is 2.75. The Balaban J connectivity index is 1.54. The monoisotopic (exact) mass is 295 g/mol. The van der Waals surface area contributed by atoms with Crippen LogP contribution in [0.5, 0.6) is 0 Å². The smallest absolute Gasteiger partial charge is 0.254 e. The summed E-state index contributed by atoms with van der Waals surface area (Å²) in [5.41, 5.74) is 2.78. The summed E-state index contributed by atoms with van der Waals surface area (Å²) in [6.07, 6.45) is 5.96. The molecule has 112 valence electrons. The summed E-state index contributed by atoms with van der Waals surface area (Å²) in [5.74, 6) is 0.542. The number of carbonyl (C=O) groups is 1. The third kappa shape index (κ3) is 3.09. The van der Waals surface area contributed by atoms with Gasteiger partial charge >= 0.3 is 0 Å². The Morgan fingerprint density at radius 1 is 1.27 bits per heavy atom. The maximum Gasteiger partial charge on any atom is 0.254 e. The molecule has 22 heavy (non-hydrogen) atoms. The van der Waals surface area contributed by atoms with Crippen molar-refractivity contribution in [3.63, 3.8) is 0 Å². The van der Waals surface area contributed by atoms with Gasteiger partial charge in [-0.2, -0.15) is 5.10 Å². The van der Waals surface area contributed by atoms with Gasteiger partial charge in [0.2, 0.25) is 0 Å². The average Bonchev–Trinajstić information content (AvgIpc) is 3.19. The number of nitrogens with one attached hydrogen (secondary N) is 1. The lowest BCUT2D eigenvalue weighted by Crippen LogP contribution is -2.25. The van der Waals surface area contributed by atoms with Gasteiger partial charge in [-0.1, -0.05) is 12.1 Å². The number of rotatable bonds is 5. The van der Waals surface area contributed by atoms with Crippen molar-refractivity contribution in [1.29, 1.82) is 0 Å². The summed E-state index contributed by atoms with van der Waals surface area (Å²) >= 11 is 0. The van der Waals surface area contributed by atoms with Gasteiger partial charge in [0, 0.05) is 18.9 Å². The fourth-order valence-corrected chi connectivity index (χ4v) is 2.27. The van der Waals surface area contributed by atoms with E-state index in [-0.39, 0.29) is 5.91 Å². The Labute approximate surface area is 128 Å². The second-order valence-corrected chi connectivity index (χ2v) is 5.01. The summed E-state index contributed by atoms with van der Waals surface area (Å²) in [6, 6.07) is 11.7. The molecule has 0 spiro atoms. The third-order valence-corrected chi connectivity index (χ3v) is 3.51. The number of aromatic nitrogens is 2. The minimum atomic E-state index is -0.0978. The molecule has 1 N–H and O–H groups in total. The zero-order valence-corrected chi connectivity index (χ0v) is 12.3. The van der Waals surface area contributed by atoms with Gasteiger partial charge in [-0.15, -0.1) is 0 Å². The fourth-order valence-electron chi connectivity index (χ4n) is 2.27. The number of carbonyl (C=O) groups excluding carboxylic acids is 1. The normalized spacial score (nSPS) is 10.6. The first kappa shape index (κ1) is 14.1. The molecule has 0 aliphatic carbocycles. The number of aryl methyl sites for hydroxylation is 1. The Bertz CT molecular complexity index is 743. The van der Waals surface area contributed by atoms with Gasteiger partial charge in [-0.3, -0.25) is 4.79 Å². The Morgan fingerprint density at radius 2 is 2.09 bits per heavy atom. The first-order valence-electron chi connectivity index (χ1n) is 7.15. The van der Waals surface area contributed by atoms with Crippen LogP contribution in [0.2, 0.25) is 0 Å². The van der Waals surface area contributed by atoms with Crippen molar-refractivity contribution < 1.29 is 9.21 Å². The van der Waals surface area contributed by atoms with Crippen LogP contribution in [-0.2, 0) is 6.42 Å². The van der Waals surface area contributed by atoms with E-state index < -0.39 is 0 Å². The molecular formula is C17H17N3O2. The highest BCUT2D eigenvalue weighted by atomic mass is 16.3. The van der Waals surface area contributed by atoms with Crippen LogP contribution in [0.25, 0.3) is 5.69 Å². The number of hydrogen-bond acceptors (Lipinski definition) is 3. The van der Waals surface area contributed by atoms with Crippen LogP contribution in [0, 0.1) is 6.92 Å². The van der Waals surface area contributed by atoms with Crippen molar-refractivity contribution in [2.45, 2.75) is 13.3 Å². The van der Waals surface area contributed by atoms with E-state index in [1.165, 1.54) is 11.8 Å². The highest BCUT2D eigenvalue weighted by Gasteiger charge is 2.10. The summed E-state index contributed by atoms with van der Waals surface area (Å²) in [5, 5.41) is 7.09. The summed E-state index contributed by atoms with van der Waals surface area (Å²) < 4.78 is 6.94. The van der Waals surface area contributed by atoms with Crippen LogP contribution in [0.15, 0.2) is 59.5 Å². The Hall–Kier alpha value is -2.82. The molecule has 2 heterocycles. The Kier molecular flexibility index (Phi) is 4.05. The number of furan rings is 1. The maximum atomic E-state index is 11.9. The van der Waals surface area contributed by atoms with E-state index in [2.05, 4.69) is 10.4 Å². The topological polar surface area (TPSA) is 60.1 Å². The van der Waals surface area contributed by atoms with Gasteiger partial charge in [0.1, 0.15) is 5.76 Å². The van der Waals surface area contributed by atoms with Crippen LogP contribution >= 0.6 is 0 Å². The molecule has 0 unspecified atom stereocenters. The quantitative estimate of drug-likeness (QED) is 0.787. The van der Waals surface area contributed by atoms with Crippen molar-refractivity contribution >= 4 is 5.91 Å². The zero-order valence-electron chi connectivity index (χ0n) is 12.3. The molecule has 3 aromatic rings. The molecule has 0 bridgehead atoms. The number of hydrogen-bond donors (Lipinski definition) is 1. The molecular weight excluding hydrogens is 278 g/mol. The van der Waals surface area contributed by atoms with Crippen LogP contribution in [-0.4, -0.2) is 22.2 Å². The van der Waals surface area contributed by atoms with Gasteiger partial charge in [0.25, 0.3) is 5.91 Å². The highest BCUT2D eigenvalue weighted by Crippen LogP contribution is 2.10. The van der Waals surface area contributed by atoms with Crippen molar-refractivity contribution in [2.75, 3.05) is 6.54 Å². The fraction of sp³-hybridized carbons (Fsp3) is 0.176. The first-order valence-corrected chi connectivity index (χ1v) is 7.15. The summed E-state index contributed by atoms with van der Waals surface area (Å²) in [6.45, 7) is 2.37. The standard InChI is InChI=1S/C17H17N3O2/c1-13-16(8-12-22-13)17(21)18-10-7-14-3-5-15(6-4-14)20-11-2-9-19-20/h2-6,8-9,11-12H,7,10H2,1H3,(H,18,21). The Morgan fingerprint density at radius 3 is 2.73 bits per heavy atom. The van der Waals surface area contributed by atoms with Gasteiger partial charge in [0.05, 0.1) is 17.5 Å². The maximum absolute atomic E-state index is 11.9. The average molecular weight is 295 g/mol. The van der Waals surface area contributed by atoms with Gasteiger partial charge in [-0.25, -0.2) is 4.68 Å². The molecule has 0 radical (unpaired) electrons. The van der Waals surface area contributed by atoms with Gasteiger partial charge < -0.3 is 9.73 Å².